The fourth-order valence-electron chi connectivity index (χ4n) is 2.64. The van der Waals surface area contributed by atoms with Crippen LogP contribution in [-0.4, -0.2) is 46.5 Å². The number of para-hydroxylation sites is 2. The number of guanidine groups is 1. The van der Waals surface area contributed by atoms with E-state index >= 15 is 0 Å². The molecular formula is C21H28F2IN3O4. The number of nitrogens with zero attached hydrogens (tertiary/aromatic N) is 1. The first-order valence-corrected chi connectivity index (χ1v) is 9.32. The number of nitrogens with one attached hydrogen (secondary N) is 2. The highest BCUT2D eigenvalue weighted by atomic mass is 127. The molecule has 0 saturated carbocycles. The van der Waals surface area contributed by atoms with Crippen LogP contribution in [-0.2, 0) is 6.54 Å². The van der Waals surface area contributed by atoms with Gasteiger partial charge in [-0.3, -0.25) is 4.99 Å². The third-order valence-corrected chi connectivity index (χ3v) is 4.08. The van der Waals surface area contributed by atoms with Gasteiger partial charge in [0.1, 0.15) is 6.10 Å². The number of hydrogen-bond donors (Lipinski definition) is 2. The monoisotopic (exact) mass is 551 g/mol. The van der Waals surface area contributed by atoms with Crippen molar-refractivity contribution in [3.63, 3.8) is 0 Å². The van der Waals surface area contributed by atoms with Crippen molar-refractivity contribution in [2.75, 3.05) is 27.8 Å². The predicted octanol–water partition coefficient (Wildman–Crippen LogP) is 4.06. The Morgan fingerprint density at radius 2 is 1.58 bits per heavy atom. The van der Waals surface area contributed by atoms with E-state index in [4.69, 9.17) is 14.2 Å². The van der Waals surface area contributed by atoms with Crippen molar-refractivity contribution < 1.29 is 27.7 Å². The molecule has 172 valence electrons. The molecule has 31 heavy (non-hydrogen) atoms. The molecule has 2 aromatic rings. The lowest BCUT2D eigenvalue weighted by molar-refractivity contribution is -0.0512. The van der Waals surface area contributed by atoms with E-state index in [1.807, 2.05) is 31.2 Å². The van der Waals surface area contributed by atoms with Gasteiger partial charge >= 0.3 is 6.61 Å². The van der Waals surface area contributed by atoms with E-state index in [1.165, 1.54) is 13.2 Å². The number of ether oxygens (including phenoxy) is 4. The molecule has 0 saturated heterocycles. The maximum absolute atomic E-state index is 12.6. The molecule has 0 amide bonds. The molecule has 0 aromatic heterocycles. The van der Waals surface area contributed by atoms with Crippen LogP contribution in [0.15, 0.2) is 47.5 Å². The van der Waals surface area contributed by atoms with Gasteiger partial charge in [0, 0.05) is 13.6 Å². The highest BCUT2D eigenvalue weighted by Gasteiger charge is 2.12. The Morgan fingerprint density at radius 1 is 0.935 bits per heavy atom. The van der Waals surface area contributed by atoms with Crippen molar-refractivity contribution in [2.45, 2.75) is 26.2 Å². The highest BCUT2D eigenvalue weighted by Crippen LogP contribution is 2.29. The molecule has 0 spiro atoms. The van der Waals surface area contributed by atoms with Crippen molar-refractivity contribution in [1.82, 2.24) is 10.6 Å². The average Bonchev–Trinajstić information content (AvgIpc) is 2.74. The minimum absolute atomic E-state index is 0. The second-order valence-corrected chi connectivity index (χ2v) is 6.25. The summed E-state index contributed by atoms with van der Waals surface area (Å²) < 4.78 is 45.9. The van der Waals surface area contributed by atoms with Crippen LogP contribution in [0.5, 0.6) is 23.0 Å². The fourth-order valence-corrected chi connectivity index (χ4v) is 2.64. The molecule has 10 heteroatoms. The van der Waals surface area contributed by atoms with Gasteiger partial charge in [0.15, 0.2) is 29.0 Å². The summed E-state index contributed by atoms with van der Waals surface area (Å²) in [4.78, 5) is 4.16. The Morgan fingerprint density at radius 3 is 2.19 bits per heavy atom. The number of alkyl halides is 2. The third kappa shape index (κ3) is 8.64. The van der Waals surface area contributed by atoms with Crippen molar-refractivity contribution in [3.05, 3.63) is 48.0 Å². The predicted molar refractivity (Wildman–Crippen MR) is 126 cm³/mol. The van der Waals surface area contributed by atoms with Crippen LogP contribution in [0.25, 0.3) is 0 Å². The molecule has 0 aliphatic rings. The standard InChI is InChI=1S/C21H27F2N3O4.HI/c1-14(29-18-8-6-5-7-16(18)27-3)12-25-21(24-2)26-13-15-9-10-17(28-4)19(11-15)30-20(22)23;/h5-11,14,20H,12-13H2,1-4H3,(H2,24,25,26);1H. The summed E-state index contributed by atoms with van der Waals surface area (Å²) in [6.45, 7) is -0.170. The van der Waals surface area contributed by atoms with E-state index < -0.39 is 6.61 Å². The lowest BCUT2D eigenvalue weighted by Crippen LogP contribution is -2.41. The quantitative estimate of drug-likeness (QED) is 0.264. The molecule has 7 nitrogen and oxygen atoms in total. The van der Waals surface area contributed by atoms with Crippen molar-refractivity contribution in [3.8, 4) is 23.0 Å². The second kappa shape index (κ2) is 13.7. The SMILES string of the molecule is CN=C(NCc1ccc(OC)c(OC(F)F)c1)NCC(C)Oc1ccccc1OC.I. The number of benzene rings is 2. The molecule has 0 fully saturated rings. The molecule has 0 aliphatic carbocycles. The molecule has 2 rings (SSSR count). The first-order valence-electron chi connectivity index (χ1n) is 9.32. The zero-order chi connectivity index (χ0) is 21.9. The Balaban J connectivity index is 0.00000480. The Bertz CT molecular complexity index is 840. The lowest BCUT2D eigenvalue weighted by atomic mass is 10.2. The maximum atomic E-state index is 12.6. The van der Waals surface area contributed by atoms with E-state index in [0.717, 1.165) is 5.56 Å². The van der Waals surface area contributed by atoms with Crippen LogP contribution in [0.2, 0.25) is 0 Å². The summed E-state index contributed by atoms with van der Waals surface area (Å²) in [5.74, 6) is 2.07. The largest absolute Gasteiger partial charge is 0.493 e. The molecule has 0 heterocycles. The van der Waals surface area contributed by atoms with Gasteiger partial charge in [-0.1, -0.05) is 18.2 Å². The topological polar surface area (TPSA) is 73.3 Å². The zero-order valence-corrected chi connectivity index (χ0v) is 20.2. The lowest BCUT2D eigenvalue weighted by Gasteiger charge is -2.19. The van der Waals surface area contributed by atoms with Crippen LogP contribution in [0, 0.1) is 0 Å². The summed E-state index contributed by atoms with van der Waals surface area (Å²) in [6, 6.07) is 12.2. The van der Waals surface area contributed by atoms with Gasteiger partial charge < -0.3 is 29.6 Å². The van der Waals surface area contributed by atoms with Gasteiger partial charge in [-0.2, -0.15) is 8.78 Å². The van der Waals surface area contributed by atoms with Crippen LogP contribution in [0.1, 0.15) is 12.5 Å². The minimum Gasteiger partial charge on any atom is -0.493 e. The molecule has 0 aliphatic heterocycles. The van der Waals surface area contributed by atoms with Crippen LogP contribution in [0.4, 0.5) is 8.78 Å². The van der Waals surface area contributed by atoms with Crippen molar-refractivity contribution in [2.24, 2.45) is 4.99 Å². The molecular weight excluding hydrogens is 523 g/mol. The van der Waals surface area contributed by atoms with Crippen LogP contribution < -0.4 is 29.6 Å². The van der Waals surface area contributed by atoms with E-state index in [2.05, 4.69) is 20.4 Å². The van der Waals surface area contributed by atoms with Gasteiger partial charge in [-0.05, 0) is 36.8 Å². The maximum Gasteiger partial charge on any atom is 0.387 e. The van der Waals surface area contributed by atoms with Gasteiger partial charge in [0.2, 0.25) is 0 Å². The molecule has 0 bridgehead atoms. The number of rotatable bonds is 10. The van der Waals surface area contributed by atoms with Crippen molar-refractivity contribution in [1.29, 1.82) is 0 Å². The van der Waals surface area contributed by atoms with Crippen LogP contribution in [0.3, 0.4) is 0 Å². The van der Waals surface area contributed by atoms with Gasteiger partial charge in [-0.25, -0.2) is 0 Å². The van der Waals surface area contributed by atoms with E-state index in [-0.39, 0.29) is 41.6 Å². The molecule has 1 unspecified atom stereocenters. The zero-order valence-electron chi connectivity index (χ0n) is 17.9. The van der Waals surface area contributed by atoms with Crippen molar-refractivity contribution >= 4 is 29.9 Å². The van der Waals surface area contributed by atoms with Gasteiger partial charge in [0.05, 0.1) is 20.8 Å². The first-order chi connectivity index (χ1) is 14.5. The normalized spacial score (nSPS) is 11.9. The Kier molecular flexibility index (Phi) is 11.8. The summed E-state index contributed by atoms with van der Waals surface area (Å²) in [5, 5.41) is 6.28. The molecule has 0 radical (unpaired) electrons. The molecule has 1 atom stereocenters. The third-order valence-electron chi connectivity index (χ3n) is 4.08. The molecule has 2 aromatic carbocycles. The van der Waals surface area contributed by atoms with E-state index in [1.54, 1.807) is 26.3 Å². The van der Waals surface area contributed by atoms with E-state index in [0.29, 0.717) is 30.5 Å². The number of methoxy groups -OCH3 is 2. The summed E-state index contributed by atoms with van der Waals surface area (Å²) in [7, 11) is 4.62. The first kappa shape index (κ1) is 26.5. The minimum atomic E-state index is -2.93. The summed E-state index contributed by atoms with van der Waals surface area (Å²) in [5.41, 5.74) is 0.729. The number of aliphatic imine (C=N–C) groups is 1. The smallest absolute Gasteiger partial charge is 0.387 e. The highest BCUT2D eigenvalue weighted by molar-refractivity contribution is 14.0. The Hall–Kier alpha value is -2.50. The van der Waals surface area contributed by atoms with Gasteiger partial charge in [0.25, 0.3) is 0 Å². The van der Waals surface area contributed by atoms with E-state index in [9.17, 15) is 8.78 Å². The fraction of sp³-hybridized carbons (Fsp3) is 0.381. The number of hydrogen-bond acceptors (Lipinski definition) is 5. The number of halogens is 3. The average molecular weight is 551 g/mol. The summed E-state index contributed by atoms with van der Waals surface area (Å²) in [6.07, 6.45) is -0.160. The summed E-state index contributed by atoms with van der Waals surface area (Å²) >= 11 is 0. The Labute approximate surface area is 198 Å². The second-order valence-electron chi connectivity index (χ2n) is 6.25. The molecule has 2 N–H and O–H groups in total. The van der Waals surface area contributed by atoms with Gasteiger partial charge in [-0.15, -0.1) is 24.0 Å². The van der Waals surface area contributed by atoms with Crippen LogP contribution >= 0.6 is 24.0 Å².